The number of carbonyl (C=O) groups is 1. The maximum absolute atomic E-state index is 9.45. The maximum atomic E-state index is 9.45. The van der Waals surface area contributed by atoms with Gasteiger partial charge in [0.05, 0.1) is 0 Å². The quantitative estimate of drug-likeness (QED) is 0.336. The molecule has 6 heteroatoms. The number of carboxylic acid groups (broad SMARTS) is 1. The molecule has 0 amide bonds. The minimum atomic E-state index is -1.23. The van der Waals surface area contributed by atoms with Gasteiger partial charge < -0.3 is 15.4 Å². The van der Waals surface area contributed by atoms with Crippen LogP contribution in [-0.4, -0.2) is 27.5 Å². The van der Waals surface area contributed by atoms with Crippen LogP contribution in [0.25, 0.3) is 0 Å². The van der Waals surface area contributed by atoms with Crippen molar-refractivity contribution in [1.82, 2.24) is 0 Å². The SMILES string of the molecule is CC(O)C(=O)O.O=NO. The standard InChI is InChI=1S/C3H6O3.HNO2/c1-2(4)3(5)6;2-1-3/h2,4H,1H3,(H,5,6);(H,2,3). The minimum Gasteiger partial charge on any atom is -0.479 e. The normalized spacial score (nSPS) is 10.4. The minimum absolute atomic E-state index is 1.19. The Balaban J connectivity index is 0. The molecule has 1 atom stereocenters. The number of nitrogens with zero attached hydrogens (tertiary/aromatic N) is 1. The van der Waals surface area contributed by atoms with Gasteiger partial charge in [-0.05, 0) is 6.92 Å². The number of hydrogen-bond donors (Lipinski definition) is 3. The first-order valence-electron chi connectivity index (χ1n) is 1.93. The first-order chi connectivity index (χ1) is 4.06. The van der Waals surface area contributed by atoms with E-state index in [-0.39, 0.29) is 0 Å². The van der Waals surface area contributed by atoms with Crippen LogP contribution in [0.4, 0.5) is 0 Å². The fourth-order valence-corrected chi connectivity index (χ4v) is 0. The molecule has 0 aliphatic rings. The molecular formula is C3H7NO5. The van der Waals surface area contributed by atoms with Gasteiger partial charge >= 0.3 is 5.97 Å². The molecule has 0 heterocycles. The summed E-state index contributed by atoms with van der Waals surface area (Å²) in [6.07, 6.45) is -1.23. The average Bonchev–Trinajstić information content (AvgIpc) is 1.68. The molecule has 9 heavy (non-hydrogen) atoms. The molecule has 0 aromatic heterocycles. The Bertz CT molecular complexity index is 90.2. The van der Waals surface area contributed by atoms with Gasteiger partial charge in [-0.1, -0.05) is 0 Å². The number of aliphatic hydroxyl groups is 1. The highest BCUT2D eigenvalue weighted by Crippen LogP contribution is 1.73. The van der Waals surface area contributed by atoms with Gasteiger partial charge in [0.15, 0.2) is 5.34 Å². The largest absolute Gasteiger partial charge is 0.479 e. The topological polar surface area (TPSA) is 107 Å². The summed E-state index contributed by atoms with van der Waals surface area (Å²) < 4.78 is 0. The fraction of sp³-hybridized carbons (Fsp3) is 0.667. The monoisotopic (exact) mass is 137 g/mol. The van der Waals surface area contributed by atoms with Gasteiger partial charge in [0.2, 0.25) is 0 Å². The summed E-state index contributed by atoms with van der Waals surface area (Å²) >= 11 is 0. The Morgan fingerprint density at radius 3 is 1.78 bits per heavy atom. The van der Waals surface area contributed by atoms with Gasteiger partial charge in [-0.3, -0.25) is 0 Å². The van der Waals surface area contributed by atoms with E-state index < -0.39 is 12.1 Å². The molecule has 0 aliphatic heterocycles. The number of aliphatic hydroxyl groups excluding tert-OH is 1. The zero-order chi connectivity index (χ0) is 7.86. The first kappa shape index (κ1) is 10.7. The summed E-state index contributed by atoms with van der Waals surface area (Å²) in [7, 11) is 0. The van der Waals surface area contributed by atoms with Crippen LogP contribution in [0.1, 0.15) is 6.92 Å². The summed E-state index contributed by atoms with van der Waals surface area (Å²) in [6.45, 7) is 1.20. The Labute approximate surface area is 50.7 Å². The lowest BCUT2D eigenvalue weighted by Gasteiger charge is -1.89. The second-order valence-electron chi connectivity index (χ2n) is 1.10. The number of carboxylic acids is 1. The van der Waals surface area contributed by atoms with Gasteiger partial charge in [-0.15, -0.1) is 4.91 Å². The lowest BCUT2D eigenvalue weighted by molar-refractivity contribution is -0.145. The van der Waals surface area contributed by atoms with E-state index >= 15 is 0 Å². The van der Waals surface area contributed by atoms with Gasteiger partial charge in [0.25, 0.3) is 0 Å². The van der Waals surface area contributed by atoms with Crippen molar-refractivity contribution in [3.63, 3.8) is 0 Å². The molecule has 0 fully saturated rings. The van der Waals surface area contributed by atoms with E-state index in [2.05, 4.69) is 0 Å². The lowest BCUT2D eigenvalue weighted by Crippen LogP contribution is -2.13. The van der Waals surface area contributed by atoms with Crippen molar-refractivity contribution in [3.8, 4) is 0 Å². The predicted octanol–water partition coefficient (Wildman–Crippen LogP) is -0.406. The Morgan fingerprint density at radius 1 is 1.67 bits per heavy atom. The summed E-state index contributed by atoms with van der Waals surface area (Å²) in [4.78, 5) is 17.6. The summed E-state index contributed by atoms with van der Waals surface area (Å²) in [6, 6.07) is 0. The van der Waals surface area contributed by atoms with Crippen molar-refractivity contribution >= 4 is 5.97 Å². The predicted molar refractivity (Wildman–Crippen MR) is 26.9 cm³/mol. The molecule has 0 spiro atoms. The molecule has 0 rings (SSSR count). The summed E-state index contributed by atoms with van der Waals surface area (Å²) in [5.74, 6) is -1.19. The Hall–Kier alpha value is -1.17. The van der Waals surface area contributed by atoms with Crippen LogP contribution in [0.5, 0.6) is 0 Å². The Kier molecular flexibility index (Phi) is 8.16. The molecular weight excluding hydrogens is 130 g/mol. The first-order valence-corrected chi connectivity index (χ1v) is 1.93. The van der Waals surface area contributed by atoms with E-state index in [0.29, 0.717) is 0 Å². The van der Waals surface area contributed by atoms with Crippen molar-refractivity contribution in [2.45, 2.75) is 13.0 Å². The van der Waals surface area contributed by atoms with Crippen LogP contribution in [0.15, 0.2) is 5.34 Å². The van der Waals surface area contributed by atoms with Crippen LogP contribution in [0.3, 0.4) is 0 Å². The molecule has 1 unspecified atom stereocenters. The van der Waals surface area contributed by atoms with Gasteiger partial charge in [0, 0.05) is 0 Å². The molecule has 6 nitrogen and oxygen atoms in total. The van der Waals surface area contributed by atoms with E-state index in [1.165, 1.54) is 12.3 Å². The van der Waals surface area contributed by atoms with Crippen LogP contribution in [0, 0.1) is 4.91 Å². The molecule has 3 N–H and O–H groups in total. The second kappa shape index (κ2) is 6.83. The molecule has 54 valence electrons. The second-order valence-corrected chi connectivity index (χ2v) is 1.10. The third kappa shape index (κ3) is 19.9. The van der Waals surface area contributed by atoms with Crippen molar-refractivity contribution in [1.29, 1.82) is 0 Å². The molecule has 0 radical (unpaired) electrons. The third-order valence-electron chi connectivity index (χ3n) is 0.357. The molecule has 0 saturated carbocycles. The van der Waals surface area contributed by atoms with E-state index in [9.17, 15) is 4.79 Å². The van der Waals surface area contributed by atoms with Crippen molar-refractivity contribution in [2.24, 2.45) is 5.34 Å². The summed E-state index contributed by atoms with van der Waals surface area (Å²) in [5, 5.41) is 23.7. The zero-order valence-corrected chi connectivity index (χ0v) is 4.68. The molecule has 0 bridgehead atoms. The van der Waals surface area contributed by atoms with Crippen LogP contribution >= 0.6 is 0 Å². The smallest absolute Gasteiger partial charge is 0.332 e. The van der Waals surface area contributed by atoms with E-state index in [1.807, 2.05) is 0 Å². The van der Waals surface area contributed by atoms with Gasteiger partial charge in [0.1, 0.15) is 6.10 Å². The van der Waals surface area contributed by atoms with Crippen molar-refractivity contribution in [2.75, 3.05) is 0 Å². The number of rotatable bonds is 1. The highest BCUT2D eigenvalue weighted by molar-refractivity contribution is 5.71. The van der Waals surface area contributed by atoms with Crippen LogP contribution in [0.2, 0.25) is 0 Å². The highest BCUT2D eigenvalue weighted by atomic mass is 16.6. The van der Waals surface area contributed by atoms with E-state index in [1.54, 1.807) is 0 Å². The van der Waals surface area contributed by atoms with Gasteiger partial charge in [-0.2, -0.15) is 0 Å². The van der Waals surface area contributed by atoms with Crippen molar-refractivity contribution < 1.29 is 20.2 Å². The van der Waals surface area contributed by atoms with E-state index in [0.717, 1.165) is 0 Å². The van der Waals surface area contributed by atoms with E-state index in [4.69, 9.17) is 20.3 Å². The summed E-state index contributed by atoms with van der Waals surface area (Å²) in [5.41, 5.74) is 0. The third-order valence-corrected chi connectivity index (χ3v) is 0.357. The highest BCUT2D eigenvalue weighted by Gasteiger charge is 2.01. The number of aliphatic carboxylic acids is 1. The van der Waals surface area contributed by atoms with Crippen molar-refractivity contribution in [3.05, 3.63) is 4.91 Å². The zero-order valence-electron chi connectivity index (χ0n) is 4.68. The molecule has 0 aromatic rings. The van der Waals surface area contributed by atoms with Crippen LogP contribution < -0.4 is 0 Å². The maximum Gasteiger partial charge on any atom is 0.332 e. The molecule has 0 aliphatic carbocycles. The average molecular weight is 137 g/mol. The lowest BCUT2D eigenvalue weighted by atomic mass is 10.4. The fourth-order valence-electron chi connectivity index (χ4n) is 0. The molecule has 0 aromatic carbocycles. The molecule has 0 saturated heterocycles. The Morgan fingerprint density at radius 2 is 1.78 bits per heavy atom. The van der Waals surface area contributed by atoms with Crippen LogP contribution in [-0.2, 0) is 4.79 Å². The number of hydrogen-bond acceptors (Lipinski definition) is 4. The van der Waals surface area contributed by atoms with Gasteiger partial charge in [-0.25, -0.2) is 4.79 Å².